The second-order valence-corrected chi connectivity index (χ2v) is 7.15. The van der Waals surface area contributed by atoms with Crippen LogP contribution in [0.5, 0.6) is 0 Å². The fraction of sp³-hybridized carbons (Fsp3) is 0.211. The Hall–Kier alpha value is -2.78. The number of anilines is 3. The van der Waals surface area contributed by atoms with Crippen molar-refractivity contribution in [3.05, 3.63) is 63.0 Å². The average Bonchev–Trinajstić information content (AvgIpc) is 2.69. The van der Waals surface area contributed by atoms with E-state index in [0.29, 0.717) is 47.5 Å². The zero-order valence-corrected chi connectivity index (χ0v) is 16.3. The third-order valence-corrected chi connectivity index (χ3v) is 5.20. The molecule has 1 aliphatic heterocycles. The molecule has 0 aliphatic carbocycles. The molecular weight excluding hydrogens is 431 g/mol. The van der Waals surface area contributed by atoms with E-state index in [1.165, 1.54) is 12.3 Å². The SMILES string of the molecule is O=[N+]([O-])c1c(Br)cc(N2CCOCC2)cc1Nc1ccnc2c(F)cccc12. The maximum atomic E-state index is 14.1. The van der Waals surface area contributed by atoms with Gasteiger partial charge in [-0.3, -0.25) is 15.1 Å². The van der Waals surface area contributed by atoms with E-state index < -0.39 is 10.7 Å². The number of ether oxygens (including phenoxy) is 1. The number of aromatic nitrogens is 1. The van der Waals surface area contributed by atoms with Gasteiger partial charge in [0.25, 0.3) is 0 Å². The van der Waals surface area contributed by atoms with E-state index in [1.54, 1.807) is 30.3 Å². The monoisotopic (exact) mass is 446 g/mol. The van der Waals surface area contributed by atoms with Crippen LogP contribution in [0.25, 0.3) is 10.9 Å². The Morgan fingerprint density at radius 1 is 1.21 bits per heavy atom. The number of nitro groups is 1. The van der Waals surface area contributed by atoms with Crippen LogP contribution in [0.3, 0.4) is 0 Å². The lowest BCUT2D eigenvalue weighted by Gasteiger charge is -2.29. The lowest BCUT2D eigenvalue weighted by molar-refractivity contribution is -0.384. The molecule has 0 saturated carbocycles. The van der Waals surface area contributed by atoms with E-state index in [1.807, 2.05) is 0 Å². The van der Waals surface area contributed by atoms with Crippen molar-refractivity contribution in [1.82, 2.24) is 4.98 Å². The van der Waals surface area contributed by atoms with Gasteiger partial charge < -0.3 is 15.0 Å². The normalized spacial score (nSPS) is 14.3. The average molecular weight is 447 g/mol. The maximum absolute atomic E-state index is 14.1. The Kier molecular flexibility index (Phi) is 5.10. The number of hydrogen-bond donors (Lipinski definition) is 1. The van der Waals surface area contributed by atoms with Gasteiger partial charge in [-0.2, -0.15) is 0 Å². The standard InChI is InChI=1S/C19H16BrFN4O3/c20-14-10-12(24-6-8-28-9-7-24)11-17(19(14)25(26)27)23-16-4-5-22-18-13(16)2-1-3-15(18)21/h1-5,10-11H,6-9H2,(H,22,23). The summed E-state index contributed by atoms with van der Waals surface area (Å²) in [4.78, 5) is 17.4. The third kappa shape index (κ3) is 3.50. The number of nitro benzene ring substituents is 1. The molecule has 0 spiro atoms. The minimum Gasteiger partial charge on any atom is -0.378 e. The summed E-state index contributed by atoms with van der Waals surface area (Å²) in [6.45, 7) is 2.61. The molecule has 1 N–H and O–H groups in total. The number of nitrogens with one attached hydrogen (secondary N) is 1. The van der Waals surface area contributed by atoms with Crippen LogP contribution >= 0.6 is 15.9 Å². The summed E-state index contributed by atoms with van der Waals surface area (Å²) in [5.74, 6) is -0.445. The molecule has 0 amide bonds. The molecule has 144 valence electrons. The molecule has 0 atom stereocenters. The van der Waals surface area contributed by atoms with Gasteiger partial charge in [-0.05, 0) is 40.2 Å². The molecule has 1 fully saturated rings. The lowest BCUT2D eigenvalue weighted by Crippen LogP contribution is -2.36. The minimum absolute atomic E-state index is 0.0848. The fourth-order valence-corrected chi connectivity index (χ4v) is 3.86. The van der Waals surface area contributed by atoms with Crippen LogP contribution in [-0.4, -0.2) is 36.2 Å². The predicted octanol–water partition coefficient (Wildman–Crippen LogP) is 4.62. The summed E-state index contributed by atoms with van der Waals surface area (Å²) in [5, 5.41) is 15.3. The van der Waals surface area contributed by atoms with Gasteiger partial charge in [-0.25, -0.2) is 4.39 Å². The highest BCUT2D eigenvalue weighted by atomic mass is 79.9. The van der Waals surface area contributed by atoms with Gasteiger partial charge in [0.1, 0.15) is 17.0 Å². The summed E-state index contributed by atoms with van der Waals surface area (Å²) in [7, 11) is 0. The van der Waals surface area contributed by atoms with E-state index in [0.717, 1.165) is 5.69 Å². The summed E-state index contributed by atoms with van der Waals surface area (Å²) >= 11 is 3.33. The first-order valence-electron chi connectivity index (χ1n) is 8.65. The van der Waals surface area contributed by atoms with Gasteiger partial charge in [0.15, 0.2) is 0 Å². The van der Waals surface area contributed by atoms with Crippen molar-refractivity contribution in [2.45, 2.75) is 0 Å². The molecule has 7 nitrogen and oxygen atoms in total. The zero-order valence-electron chi connectivity index (χ0n) is 14.7. The molecule has 2 aromatic carbocycles. The molecule has 1 saturated heterocycles. The Balaban J connectivity index is 1.81. The quantitative estimate of drug-likeness (QED) is 0.464. The molecular formula is C19H16BrFN4O3. The van der Waals surface area contributed by atoms with Crippen molar-refractivity contribution in [2.24, 2.45) is 0 Å². The number of halogens is 2. The second-order valence-electron chi connectivity index (χ2n) is 6.30. The highest BCUT2D eigenvalue weighted by Crippen LogP contribution is 2.40. The Bertz CT molecular complexity index is 1060. The van der Waals surface area contributed by atoms with Gasteiger partial charge in [0.2, 0.25) is 0 Å². The Labute approximate surface area is 168 Å². The molecule has 28 heavy (non-hydrogen) atoms. The van der Waals surface area contributed by atoms with Crippen LogP contribution in [0.2, 0.25) is 0 Å². The third-order valence-electron chi connectivity index (χ3n) is 4.60. The number of fused-ring (bicyclic) bond motifs is 1. The molecule has 1 aromatic heterocycles. The van der Waals surface area contributed by atoms with Gasteiger partial charge >= 0.3 is 5.69 Å². The molecule has 0 bridgehead atoms. The molecule has 9 heteroatoms. The maximum Gasteiger partial charge on any atom is 0.306 e. The van der Waals surface area contributed by atoms with E-state index in [4.69, 9.17) is 4.74 Å². The van der Waals surface area contributed by atoms with Gasteiger partial charge in [-0.15, -0.1) is 0 Å². The number of pyridine rings is 1. The minimum atomic E-state index is -0.445. The summed E-state index contributed by atoms with van der Waals surface area (Å²) in [6, 6.07) is 9.77. The van der Waals surface area contributed by atoms with Crippen molar-refractivity contribution in [3.8, 4) is 0 Å². The van der Waals surface area contributed by atoms with Crippen LogP contribution in [0.4, 0.5) is 27.1 Å². The second kappa shape index (κ2) is 7.69. The van der Waals surface area contributed by atoms with E-state index in [9.17, 15) is 14.5 Å². The molecule has 0 radical (unpaired) electrons. The summed E-state index contributed by atoms with van der Waals surface area (Å²) < 4.78 is 19.8. The van der Waals surface area contributed by atoms with E-state index in [-0.39, 0.29) is 11.2 Å². The number of morpholine rings is 1. The fourth-order valence-electron chi connectivity index (χ4n) is 3.26. The van der Waals surface area contributed by atoms with Crippen molar-refractivity contribution >= 4 is 49.6 Å². The van der Waals surface area contributed by atoms with Crippen molar-refractivity contribution < 1.29 is 14.1 Å². The highest BCUT2D eigenvalue weighted by molar-refractivity contribution is 9.10. The zero-order chi connectivity index (χ0) is 19.7. The molecule has 0 unspecified atom stereocenters. The number of rotatable bonds is 4. The summed E-state index contributed by atoms with van der Waals surface area (Å²) in [6.07, 6.45) is 1.47. The smallest absolute Gasteiger partial charge is 0.306 e. The Morgan fingerprint density at radius 2 is 2.00 bits per heavy atom. The largest absolute Gasteiger partial charge is 0.378 e. The Morgan fingerprint density at radius 3 is 2.75 bits per heavy atom. The first-order valence-corrected chi connectivity index (χ1v) is 9.45. The van der Waals surface area contributed by atoms with Crippen LogP contribution in [-0.2, 0) is 4.74 Å². The molecule has 3 aromatic rings. The number of nitrogens with zero attached hydrogens (tertiary/aromatic N) is 3. The highest BCUT2D eigenvalue weighted by Gasteiger charge is 2.23. The van der Waals surface area contributed by atoms with Crippen LogP contribution in [0.15, 0.2) is 47.1 Å². The predicted molar refractivity (Wildman–Crippen MR) is 109 cm³/mol. The van der Waals surface area contributed by atoms with E-state index >= 15 is 0 Å². The van der Waals surface area contributed by atoms with Crippen LogP contribution in [0, 0.1) is 15.9 Å². The molecule has 1 aliphatic rings. The van der Waals surface area contributed by atoms with E-state index in [2.05, 4.69) is 31.1 Å². The first-order chi connectivity index (χ1) is 13.5. The first kappa shape index (κ1) is 18.6. The molecule has 4 rings (SSSR count). The van der Waals surface area contributed by atoms with Crippen molar-refractivity contribution in [3.63, 3.8) is 0 Å². The topological polar surface area (TPSA) is 80.5 Å². The van der Waals surface area contributed by atoms with Crippen molar-refractivity contribution in [1.29, 1.82) is 0 Å². The molecule has 2 heterocycles. The number of para-hydroxylation sites is 1. The lowest BCUT2D eigenvalue weighted by atomic mass is 10.1. The number of hydrogen-bond acceptors (Lipinski definition) is 6. The van der Waals surface area contributed by atoms with Gasteiger partial charge in [-0.1, -0.05) is 12.1 Å². The number of benzene rings is 2. The van der Waals surface area contributed by atoms with Gasteiger partial charge in [0.05, 0.1) is 22.6 Å². The van der Waals surface area contributed by atoms with Crippen LogP contribution in [0.1, 0.15) is 0 Å². The van der Waals surface area contributed by atoms with Crippen LogP contribution < -0.4 is 10.2 Å². The van der Waals surface area contributed by atoms with Crippen molar-refractivity contribution in [2.75, 3.05) is 36.5 Å². The summed E-state index contributed by atoms with van der Waals surface area (Å²) in [5.41, 5.74) is 1.82. The van der Waals surface area contributed by atoms with Gasteiger partial charge in [0, 0.05) is 36.0 Å².